The smallest absolute Gasteiger partial charge is 0.504 e. The zero-order valence-electron chi connectivity index (χ0n) is 14.8. The third-order valence-corrected chi connectivity index (χ3v) is 3.11. The molecule has 26 heavy (non-hydrogen) atoms. The number of hydrogen-bond acceptors (Lipinski definition) is 6. The van der Waals surface area contributed by atoms with Gasteiger partial charge in [-0.1, -0.05) is 24.8 Å². The molecular formula is C20H20O6. The number of rotatable bonds is 4. The number of carbonyl (C=O) groups excluding carboxylic acids is 2. The molecule has 0 radical (unpaired) electrons. The molecule has 0 spiro atoms. The van der Waals surface area contributed by atoms with Crippen molar-refractivity contribution in [2.45, 2.75) is 26.4 Å². The monoisotopic (exact) mass is 356 g/mol. The van der Waals surface area contributed by atoms with Crippen LogP contribution in [0.15, 0.2) is 49.0 Å². The fourth-order valence-corrected chi connectivity index (χ4v) is 1.93. The van der Waals surface area contributed by atoms with Crippen LogP contribution in [0.3, 0.4) is 0 Å². The van der Waals surface area contributed by atoms with E-state index < -0.39 is 17.7 Å². The summed E-state index contributed by atoms with van der Waals surface area (Å²) in [5.74, 6) is -0.935. The lowest BCUT2D eigenvalue weighted by atomic mass is 10.1. The topological polar surface area (TPSA) is 82.1 Å². The quantitative estimate of drug-likeness (QED) is 0.491. The third kappa shape index (κ3) is 5.37. The fourth-order valence-electron chi connectivity index (χ4n) is 1.93. The second-order valence-electron chi connectivity index (χ2n) is 6.41. The molecular weight excluding hydrogens is 336 g/mol. The lowest BCUT2D eigenvalue weighted by molar-refractivity contribution is 0.0200. The summed E-state index contributed by atoms with van der Waals surface area (Å²) in [6.45, 7) is 8.72. The van der Waals surface area contributed by atoms with Gasteiger partial charge in [0.1, 0.15) is 11.4 Å². The van der Waals surface area contributed by atoms with Crippen LogP contribution >= 0.6 is 0 Å². The Balaban J connectivity index is 2.05. The first-order valence-electron chi connectivity index (χ1n) is 7.86. The largest absolute Gasteiger partial charge is 0.514 e. The molecule has 136 valence electrons. The lowest BCUT2D eigenvalue weighted by Gasteiger charge is -2.18. The van der Waals surface area contributed by atoms with Gasteiger partial charge in [0, 0.05) is 6.07 Å². The molecule has 0 heterocycles. The van der Waals surface area contributed by atoms with Crippen molar-refractivity contribution in [3.63, 3.8) is 0 Å². The van der Waals surface area contributed by atoms with E-state index in [-0.39, 0.29) is 17.2 Å². The predicted octanol–water partition coefficient (Wildman–Crippen LogP) is 4.57. The average Bonchev–Trinajstić information content (AvgIpc) is 2.55. The summed E-state index contributed by atoms with van der Waals surface area (Å²) in [5.41, 5.74) is 0.510. The van der Waals surface area contributed by atoms with E-state index in [2.05, 4.69) is 6.58 Å². The van der Waals surface area contributed by atoms with Crippen LogP contribution < -0.4 is 9.47 Å². The van der Waals surface area contributed by atoms with Gasteiger partial charge in [-0.2, -0.15) is 0 Å². The molecule has 2 aromatic carbocycles. The standard InChI is InChI=1S/C20H20O6/c1-5-13-6-8-14(9-7-13)18(22)24-15-10-11-17(16(21)12-15)25-19(23)26-20(2,3)4/h5-12,21H,1H2,2-4H3. The molecule has 0 unspecified atom stereocenters. The van der Waals surface area contributed by atoms with Crippen LogP contribution in [0.4, 0.5) is 4.79 Å². The zero-order chi connectivity index (χ0) is 19.3. The summed E-state index contributed by atoms with van der Waals surface area (Å²) in [6.07, 6.45) is 0.719. The van der Waals surface area contributed by atoms with E-state index in [4.69, 9.17) is 14.2 Å². The Morgan fingerprint density at radius 2 is 1.69 bits per heavy atom. The first-order valence-corrected chi connectivity index (χ1v) is 7.86. The minimum Gasteiger partial charge on any atom is -0.504 e. The highest BCUT2D eigenvalue weighted by molar-refractivity contribution is 5.91. The highest BCUT2D eigenvalue weighted by Crippen LogP contribution is 2.31. The Bertz CT molecular complexity index is 815. The Labute approximate surface area is 151 Å². The van der Waals surface area contributed by atoms with Gasteiger partial charge >= 0.3 is 12.1 Å². The van der Waals surface area contributed by atoms with E-state index in [0.29, 0.717) is 5.56 Å². The van der Waals surface area contributed by atoms with Gasteiger partial charge in [-0.05, 0) is 50.6 Å². The van der Waals surface area contributed by atoms with Crippen molar-refractivity contribution < 1.29 is 28.9 Å². The number of carbonyl (C=O) groups is 2. The van der Waals surface area contributed by atoms with Gasteiger partial charge in [-0.3, -0.25) is 0 Å². The number of benzene rings is 2. The molecule has 0 amide bonds. The molecule has 0 saturated carbocycles. The van der Waals surface area contributed by atoms with Crippen molar-refractivity contribution in [1.82, 2.24) is 0 Å². The first kappa shape index (κ1) is 19.1. The number of phenolic OH excluding ortho intramolecular Hbond substituents is 1. The molecule has 0 bridgehead atoms. The normalized spacial score (nSPS) is 10.7. The molecule has 0 aliphatic rings. The summed E-state index contributed by atoms with van der Waals surface area (Å²) < 4.78 is 15.1. The lowest BCUT2D eigenvalue weighted by Crippen LogP contribution is -2.26. The van der Waals surface area contributed by atoms with Crippen molar-refractivity contribution in [1.29, 1.82) is 0 Å². The number of esters is 1. The Morgan fingerprint density at radius 3 is 2.23 bits per heavy atom. The number of aromatic hydroxyl groups is 1. The fraction of sp³-hybridized carbons (Fsp3) is 0.200. The summed E-state index contributed by atoms with van der Waals surface area (Å²) in [4.78, 5) is 23.7. The second kappa shape index (κ2) is 7.74. The Kier molecular flexibility index (Phi) is 5.67. The maximum absolute atomic E-state index is 12.1. The van der Waals surface area contributed by atoms with Crippen molar-refractivity contribution in [2.24, 2.45) is 0 Å². The molecule has 2 aromatic rings. The van der Waals surface area contributed by atoms with Crippen LogP contribution in [-0.2, 0) is 4.74 Å². The molecule has 0 aliphatic heterocycles. The molecule has 6 heteroatoms. The van der Waals surface area contributed by atoms with E-state index in [0.717, 1.165) is 5.56 Å². The zero-order valence-corrected chi connectivity index (χ0v) is 14.8. The van der Waals surface area contributed by atoms with Gasteiger partial charge in [0.25, 0.3) is 0 Å². The van der Waals surface area contributed by atoms with Gasteiger partial charge in [-0.15, -0.1) is 0 Å². The van der Waals surface area contributed by atoms with Crippen molar-refractivity contribution >= 4 is 18.2 Å². The summed E-state index contributed by atoms with van der Waals surface area (Å²) in [6, 6.07) is 10.6. The van der Waals surface area contributed by atoms with Crippen LogP contribution in [0.1, 0.15) is 36.7 Å². The molecule has 6 nitrogen and oxygen atoms in total. The molecule has 0 saturated heterocycles. The Morgan fingerprint density at radius 1 is 1.04 bits per heavy atom. The molecule has 0 atom stereocenters. The van der Waals surface area contributed by atoms with Crippen LogP contribution in [-0.4, -0.2) is 22.8 Å². The summed E-state index contributed by atoms with van der Waals surface area (Å²) in [7, 11) is 0. The van der Waals surface area contributed by atoms with Crippen LogP contribution in [0.5, 0.6) is 17.2 Å². The summed E-state index contributed by atoms with van der Waals surface area (Å²) >= 11 is 0. The molecule has 2 rings (SSSR count). The van der Waals surface area contributed by atoms with Gasteiger partial charge in [-0.25, -0.2) is 9.59 Å². The van der Waals surface area contributed by atoms with Gasteiger partial charge < -0.3 is 19.3 Å². The third-order valence-electron chi connectivity index (χ3n) is 3.11. The maximum Gasteiger partial charge on any atom is 0.514 e. The van der Waals surface area contributed by atoms with E-state index in [9.17, 15) is 14.7 Å². The van der Waals surface area contributed by atoms with E-state index in [1.165, 1.54) is 18.2 Å². The van der Waals surface area contributed by atoms with Crippen molar-refractivity contribution in [3.8, 4) is 17.2 Å². The maximum atomic E-state index is 12.1. The molecule has 0 aliphatic carbocycles. The predicted molar refractivity (Wildman–Crippen MR) is 96.5 cm³/mol. The van der Waals surface area contributed by atoms with Gasteiger partial charge in [0.05, 0.1) is 5.56 Å². The SMILES string of the molecule is C=Cc1ccc(C(=O)Oc2ccc(OC(=O)OC(C)(C)C)c(O)c2)cc1. The number of phenols is 1. The number of hydrogen-bond donors (Lipinski definition) is 1. The van der Waals surface area contributed by atoms with Crippen LogP contribution in [0.25, 0.3) is 6.08 Å². The minimum atomic E-state index is -0.945. The molecule has 0 fully saturated rings. The highest BCUT2D eigenvalue weighted by atomic mass is 16.7. The number of ether oxygens (including phenoxy) is 3. The average molecular weight is 356 g/mol. The van der Waals surface area contributed by atoms with E-state index >= 15 is 0 Å². The van der Waals surface area contributed by atoms with Crippen molar-refractivity contribution in [2.75, 3.05) is 0 Å². The van der Waals surface area contributed by atoms with Gasteiger partial charge in [0.2, 0.25) is 0 Å². The van der Waals surface area contributed by atoms with Gasteiger partial charge in [0.15, 0.2) is 11.5 Å². The van der Waals surface area contributed by atoms with Crippen molar-refractivity contribution in [3.05, 3.63) is 60.2 Å². The second-order valence-corrected chi connectivity index (χ2v) is 6.41. The van der Waals surface area contributed by atoms with Crippen LogP contribution in [0, 0.1) is 0 Å². The minimum absolute atomic E-state index is 0.102. The Hall–Kier alpha value is -3.28. The molecule has 0 aromatic heterocycles. The molecule has 1 N–H and O–H groups in total. The van der Waals surface area contributed by atoms with E-state index in [1.807, 2.05) is 0 Å². The summed E-state index contributed by atoms with van der Waals surface area (Å²) in [5, 5.41) is 9.96. The van der Waals surface area contributed by atoms with E-state index in [1.54, 1.807) is 51.1 Å². The first-order chi connectivity index (χ1) is 12.2. The van der Waals surface area contributed by atoms with Crippen LogP contribution in [0.2, 0.25) is 0 Å². The highest BCUT2D eigenvalue weighted by Gasteiger charge is 2.19.